The first-order valence-corrected chi connectivity index (χ1v) is 12.2. The fraction of sp³-hybridized carbons (Fsp3) is 0.417. The molecule has 8 heteroatoms. The molecule has 2 aromatic rings. The number of halogens is 2. The van der Waals surface area contributed by atoms with Crippen molar-refractivity contribution in [2.24, 2.45) is 0 Å². The lowest BCUT2D eigenvalue weighted by Gasteiger charge is -2.31. The molecule has 0 heterocycles. The van der Waals surface area contributed by atoms with Gasteiger partial charge in [-0.1, -0.05) is 41.4 Å². The van der Waals surface area contributed by atoms with Gasteiger partial charge in [0, 0.05) is 27.9 Å². The molecule has 32 heavy (non-hydrogen) atoms. The van der Waals surface area contributed by atoms with Crippen LogP contribution in [0.3, 0.4) is 0 Å². The number of rotatable bonds is 9. The summed E-state index contributed by atoms with van der Waals surface area (Å²) in [7, 11) is 1.61. The summed E-state index contributed by atoms with van der Waals surface area (Å²) in [5.41, 5.74) is 1.44. The van der Waals surface area contributed by atoms with E-state index in [4.69, 9.17) is 27.9 Å². The SMILES string of the molecule is COc1ccc(CN(C(=O)CSCc2ccc(Cl)cc2Cl)[C@@H](C)C(=O)NC(C)(C)C)cc1. The van der Waals surface area contributed by atoms with Crippen molar-refractivity contribution in [3.63, 3.8) is 0 Å². The second-order valence-electron chi connectivity index (χ2n) is 8.51. The van der Waals surface area contributed by atoms with Gasteiger partial charge in [-0.3, -0.25) is 9.59 Å². The van der Waals surface area contributed by atoms with E-state index >= 15 is 0 Å². The highest BCUT2D eigenvalue weighted by molar-refractivity contribution is 7.99. The minimum absolute atomic E-state index is 0.118. The van der Waals surface area contributed by atoms with Gasteiger partial charge in [0.05, 0.1) is 12.9 Å². The van der Waals surface area contributed by atoms with E-state index in [1.807, 2.05) is 51.1 Å². The summed E-state index contributed by atoms with van der Waals surface area (Å²) in [6.45, 7) is 7.82. The molecule has 0 bridgehead atoms. The van der Waals surface area contributed by atoms with Gasteiger partial charge in [-0.2, -0.15) is 0 Å². The van der Waals surface area contributed by atoms with Crippen LogP contribution in [0.5, 0.6) is 5.75 Å². The lowest BCUT2D eigenvalue weighted by Crippen LogP contribution is -2.52. The largest absolute Gasteiger partial charge is 0.497 e. The van der Waals surface area contributed by atoms with Gasteiger partial charge in [-0.25, -0.2) is 0 Å². The van der Waals surface area contributed by atoms with Crippen molar-refractivity contribution in [2.45, 2.75) is 51.6 Å². The van der Waals surface area contributed by atoms with Crippen LogP contribution < -0.4 is 10.1 Å². The average Bonchev–Trinajstić information content (AvgIpc) is 2.72. The number of amides is 2. The molecule has 0 unspecified atom stereocenters. The normalized spacial score (nSPS) is 12.2. The molecule has 2 aromatic carbocycles. The lowest BCUT2D eigenvalue weighted by atomic mass is 10.1. The van der Waals surface area contributed by atoms with E-state index in [2.05, 4.69) is 5.32 Å². The van der Waals surface area contributed by atoms with E-state index < -0.39 is 6.04 Å². The van der Waals surface area contributed by atoms with Crippen molar-refractivity contribution in [2.75, 3.05) is 12.9 Å². The zero-order chi connectivity index (χ0) is 23.9. The van der Waals surface area contributed by atoms with Gasteiger partial charge in [-0.15, -0.1) is 11.8 Å². The number of hydrogen-bond acceptors (Lipinski definition) is 4. The van der Waals surface area contributed by atoms with Gasteiger partial charge in [0.25, 0.3) is 0 Å². The predicted molar refractivity (Wildman–Crippen MR) is 134 cm³/mol. The Bertz CT molecular complexity index is 930. The van der Waals surface area contributed by atoms with Gasteiger partial charge >= 0.3 is 0 Å². The summed E-state index contributed by atoms with van der Waals surface area (Å²) in [4.78, 5) is 27.6. The standard InChI is InChI=1S/C24H30Cl2N2O3S/c1-16(23(30)27-24(2,3)4)28(13-17-6-10-20(31-5)11-7-17)22(29)15-32-14-18-8-9-19(25)12-21(18)26/h6-12,16H,13-15H2,1-5H3,(H,27,30)/t16-/m0/s1. The van der Waals surface area contributed by atoms with E-state index in [-0.39, 0.29) is 23.1 Å². The van der Waals surface area contributed by atoms with E-state index in [1.165, 1.54) is 11.8 Å². The number of ether oxygens (including phenoxy) is 1. The first-order valence-electron chi connectivity index (χ1n) is 10.3. The Hall–Kier alpha value is -1.89. The highest BCUT2D eigenvalue weighted by Gasteiger charge is 2.28. The second kappa shape index (κ2) is 11.8. The summed E-state index contributed by atoms with van der Waals surface area (Å²) in [5, 5.41) is 4.11. The van der Waals surface area contributed by atoms with Crippen molar-refractivity contribution in [3.05, 3.63) is 63.6 Å². The molecule has 0 spiro atoms. The number of thioether (sulfide) groups is 1. The molecular weight excluding hydrogens is 467 g/mol. The first kappa shape index (κ1) is 26.4. The highest BCUT2D eigenvalue weighted by atomic mass is 35.5. The maximum absolute atomic E-state index is 13.2. The summed E-state index contributed by atoms with van der Waals surface area (Å²) >= 11 is 13.6. The van der Waals surface area contributed by atoms with Crippen LogP contribution in [-0.2, 0) is 21.9 Å². The molecule has 0 aliphatic carbocycles. The van der Waals surface area contributed by atoms with Crippen molar-refractivity contribution < 1.29 is 14.3 Å². The number of benzene rings is 2. The number of carbonyl (C=O) groups is 2. The van der Waals surface area contributed by atoms with Gasteiger partial charge in [-0.05, 0) is 63.1 Å². The van der Waals surface area contributed by atoms with E-state index in [1.54, 1.807) is 31.1 Å². The summed E-state index contributed by atoms with van der Waals surface area (Å²) < 4.78 is 5.21. The quantitative estimate of drug-likeness (QED) is 0.492. The third-order valence-electron chi connectivity index (χ3n) is 4.68. The molecule has 0 radical (unpaired) electrons. The Balaban J connectivity index is 2.12. The summed E-state index contributed by atoms with van der Waals surface area (Å²) in [6, 6.07) is 12.2. The monoisotopic (exact) mass is 496 g/mol. The van der Waals surface area contributed by atoms with E-state index in [0.717, 1.165) is 16.9 Å². The van der Waals surface area contributed by atoms with Gasteiger partial charge in [0.2, 0.25) is 11.8 Å². The van der Waals surface area contributed by atoms with Crippen LogP contribution in [0.4, 0.5) is 0 Å². The Morgan fingerprint density at radius 1 is 1.12 bits per heavy atom. The zero-order valence-electron chi connectivity index (χ0n) is 19.1. The summed E-state index contributed by atoms with van der Waals surface area (Å²) in [6.07, 6.45) is 0. The number of nitrogens with zero attached hydrogens (tertiary/aromatic N) is 1. The Morgan fingerprint density at radius 2 is 1.78 bits per heavy atom. The Morgan fingerprint density at radius 3 is 2.34 bits per heavy atom. The zero-order valence-corrected chi connectivity index (χ0v) is 21.4. The van der Waals surface area contributed by atoms with Crippen LogP contribution in [0.25, 0.3) is 0 Å². The van der Waals surface area contributed by atoms with Crippen molar-refractivity contribution in [1.82, 2.24) is 10.2 Å². The van der Waals surface area contributed by atoms with Crippen molar-refractivity contribution in [3.8, 4) is 5.75 Å². The van der Waals surface area contributed by atoms with E-state index in [0.29, 0.717) is 22.3 Å². The highest BCUT2D eigenvalue weighted by Crippen LogP contribution is 2.25. The van der Waals surface area contributed by atoms with Crippen LogP contribution >= 0.6 is 35.0 Å². The molecule has 0 aromatic heterocycles. The lowest BCUT2D eigenvalue weighted by molar-refractivity contribution is -0.139. The molecule has 0 aliphatic rings. The van der Waals surface area contributed by atoms with E-state index in [9.17, 15) is 9.59 Å². The Labute approximate surface area is 204 Å². The number of hydrogen-bond donors (Lipinski definition) is 1. The molecule has 0 saturated heterocycles. The van der Waals surface area contributed by atoms with Gasteiger partial charge in [0.1, 0.15) is 11.8 Å². The molecule has 174 valence electrons. The maximum atomic E-state index is 13.2. The fourth-order valence-electron chi connectivity index (χ4n) is 2.95. The fourth-order valence-corrected chi connectivity index (χ4v) is 4.42. The minimum Gasteiger partial charge on any atom is -0.497 e. The topological polar surface area (TPSA) is 58.6 Å². The van der Waals surface area contributed by atoms with Crippen LogP contribution in [0.2, 0.25) is 10.0 Å². The molecule has 0 aliphatic heterocycles. The minimum atomic E-state index is -0.622. The van der Waals surface area contributed by atoms with Crippen molar-refractivity contribution in [1.29, 1.82) is 0 Å². The third kappa shape index (κ3) is 8.23. The van der Waals surface area contributed by atoms with Crippen LogP contribution in [0.15, 0.2) is 42.5 Å². The van der Waals surface area contributed by atoms with Crippen LogP contribution in [-0.4, -0.2) is 41.2 Å². The molecule has 1 atom stereocenters. The molecule has 1 N–H and O–H groups in total. The van der Waals surface area contributed by atoms with Crippen LogP contribution in [0, 0.1) is 0 Å². The third-order valence-corrected chi connectivity index (χ3v) is 6.23. The molecular formula is C24H30Cl2N2O3S. The first-order chi connectivity index (χ1) is 15.0. The van der Waals surface area contributed by atoms with Gasteiger partial charge < -0.3 is 15.0 Å². The van der Waals surface area contributed by atoms with Crippen molar-refractivity contribution >= 4 is 46.8 Å². The molecule has 0 fully saturated rings. The number of methoxy groups -OCH3 is 1. The molecule has 5 nitrogen and oxygen atoms in total. The molecule has 2 amide bonds. The molecule has 0 saturated carbocycles. The smallest absolute Gasteiger partial charge is 0.242 e. The average molecular weight is 497 g/mol. The summed E-state index contributed by atoms with van der Waals surface area (Å²) in [5.74, 6) is 1.22. The molecule has 2 rings (SSSR count). The van der Waals surface area contributed by atoms with Crippen LogP contribution in [0.1, 0.15) is 38.8 Å². The maximum Gasteiger partial charge on any atom is 0.242 e. The van der Waals surface area contributed by atoms with Gasteiger partial charge in [0.15, 0.2) is 0 Å². The number of nitrogens with one attached hydrogen (secondary N) is 1. The Kier molecular flexibility index (Phi) is 9.74. The number of carbonyl (C=O) groups excluding carboxylic acids is 2. The predicted octanol–water partition coefficient (Wildman–Crippen LogP) is 5.57. The second-order valence-corrected chi connectivity index (χ2v) is 10.3.